The zero-order valence-electron chi connectivity index (χ0n) is 9.75. The lowest BCUT2D eigenvalue weighted by molar-refractivity contribution is 0.506. The number of rotatable bonds is 2. The van der Waals surface area contributed by atoms with Gasteiger partial charge in [-0.25, -0.2) is 8.78 Å². The van der Waals surface area contributed by atoms with E-state index >= 15 is 0 Å². The molecule has 2 rings (SSSR count). The summed E-state index contributed by atoms with van der Waals surface area (Å²) in [5.74, 6) is -1.74. The van der Waals surface area contributed by atoms with Crippen molar-refractivity contribution in [1.82, 2.24) is 0 Å². The Morgan fingerprint density at radius 3 is 2.44 bits per heavy atom. The van der Waals surface area contributed by atoms with Crippen molar-refractivity contribution in [1.29, 1.82) is 0 Å². The van der Waals surface area contributed by atoms with Gasteiger partial charge in [0.2, 0.25) is 0 Å². The van der Waals surface area contributed by atoms with Crippen LogP contribution < -0.4 is 5.73 Å². The molecule has 2 aromatic carbocycles. The first kappa shape index (κ1) is 13.2. The van der Waals surface area contributed by atoms with Crippen molar-refractivity contribution in [2.45, 2.75) is 13.0 Å². The van der Waals surface area contributed by atoms with Crippen molar-refractivity contribution in [2.75, 3.05) is 0 Å². The molecular formula is C14H12BrF2N. The van der Waals surface area contributed by atoms with Gasteiger partial charge in [0, 0.05) is 4.47 Å². The lowest BCUT2D eigenvalue weighted by atomic mass is 9.96. The van der Waals surface area contributed by atoms with Crippen molar-refractivity contribution < 1.29 is 8.78 Å². The third kappa shape index (κ3) is 2.60. The third-order valence-corrected chi connectivity index (χ3v) is 3.37. The predicted octanol–water partition coefficient (Wildman–Crippen LogP) is 4.08. The highest BCUT2D eigenvalue weighted by atomic mass is 79.9. The van der Waals surface area contributed by atoms with Gasteiger partial charge in [-0.1, -0.05) is 28.1 Å². The number of hydrogen-bond acceptors (Lipinski definition) is 1. The average Bonchev–Trinajstić information content (AvgIpc) is 2.35. The van der Waals surface area contributed by atoms with Crippen LogP contribution in [0, 0.1) is 18.6 Å². The van der Waals surface area contributed by atoms with Crippen LogP contribution in [0.4, 0.5) is 8.78 Å². The fourth-order valence-corrected chi connectivity index (χ4v) is 2.21. The SMILES string of the molecule is Cc1ccc(Br)cc1C(N)c1ccc(F)c(F)c1. The Morgan fingerprint density at radius 1 is 1.06 bits per heavy atom. The van der Waals surface area contributed by atoms with Gasteiger partial charge in [-0.05, 0) is 47.9 Å². The molecule has 0 fully saturated rings. The Labute approximate surface area is 113 Å². The summed E-state index contributed by atoms with van der Waals surface area (Å²) in [6, 6.07) is 9.00. The molecule has 1 nitrogen and oxygen atoms in total. The summed E-state index contributed by atoms with van der Waals surface area (Å²) in [6.07, 6.45) is 0. The molecule has 0 aliphatic heterocycles. The summed E-state index contributed by atoms with van der Waals surface area (Å²) < 4.78 is 27.0. The Kier molecular flexibility index (Phi) is 3.78. The van der Waals surface area contributed by atoms with Crippen LogP contribution in [-0.4, -0.2) is 0 Å². The fraction of sp³-hybridized carbons (Fsp3) is 0.143. The van der Waals surface area contributed by atoms with E-state index < -0.39 is 17.7 Å². The first-order chi connectivity index (χ1) is 8.49. The van der Waals surface area contributed by atoms with Crippen LogP contribution in [0.25, 0.3) is 0 Å². The molecule has 0 amide bonds. The maximum absolute atomic E-state index is 13.2. The monoisotopic (exact) mass is 311 g/mol. The normalized spacial score (nSPS) is 12.5. The van der Waals surface area contributed by atoms with Crippen LogP contribution >= 0.6 is 15.9 Å². The second kappa shape index (κ2) is 5.16. The highest BCUT2D eigenvalue weighted by Crippen LogP contribution is 2.26. The van der Waals surface area contributed by atoms with Crippen LogP contribution in [0.1, 0.15) is 22.7 Å². The van der Waals surface area contributed by atoms with Gasteiger partial charge in [-0.2, -0.15) is 0 Å². The highest BCUT2D eigenvalue weighted by Gasteiger charge is 2.14. The molecular weight excluding hydrogens is 300 g/mol. The van der Waals surface area contributed by atoms with Crippen LogP contribution in [0.2, 0.25) is 0 Å². The number of nitrogens with two attached hydrogens (primary N) is 1. The number of aryl methyl sites for hydroxylation is 1. The molecule has 0 heterocycles. The largest absolute Gasteiger partial charge is 0.320 e. The maximum atomic E-state index is 13.2. The summed E-state index contributed by atoms with van der Waals surface area (Å²) in [6.45, 7) is 1.93. The lowest BCUT2D eigenvalue weighted by Crippen LogP contribution is -2.13. The molecule has 0 bridgehead atoms. The Balaban J connectivity index is 2.44. The Bertz CT molecular complexity index is 584. The minimum atomic E-state index is -0.879. The Morgan fingerprint density at radius 2 is 1.78 bits per heavy atom. The quantitative estimate of drug-likeness (QED) is 0.888. The molecule has 2 aromatic rings. The number of halogens is 3. The van der Waals surface area contributed by atoms with Gasteiger partial charge in [0.1, 0.15) is 0 Å². The van der Waals surface area contributed by atoms with E-state index in [1.807, 2.05) is 25.1 Å². The van der Waals surface area contributed by atoms with Crippen LogP contribution in [0.3, 0.4) is 0 Å². The van der Waals surface area contributed by atoms with Crippen molar-refractivity contribution >= 4 is 15.9 Å². The second-order valence-electron chi connectivity index (χ2n) is 4.15. The van der Waals surface area contributed by atoms with Crippen molar-refractivity contribution in [2.24, 2.45) is 5.73 Å². The van der Waals surface area contributed by atoms with Gasteiger partial charge < -0.3 is 5.73 Å². The first-order valence-corrected chi connectivity index (χ1v) is 6.25. The molecule has 2 N–H and O–H groups in total. The summed E-state index contributed by atoms with van der Waals surface area (Å²) in [7, 11) is 0. The van der Waals surface area contributed by atoms with E-state index in [9.17, 15) is 8.78 Å². The Hall–Kier alpha value is -1.26. The summed E-state index contributed by atoms with van der Waals surface area (Å²) in [5, 5.41) is 0. The fourth-order valence-electron chi connectivity index (χ4n) is 1.83. The lowest BCUT2D eigenvalue weighted by Gasteiger charge is -2.16. The number of hydrogen-bond donors (Lipinski definition) is 1. The van der Waals surface area contributed by atoms with E-state index in [1.165, 1.54) is 6.07 Å². The molecule has 4 heteroatoms. The molecule has 94 valence electrons. The van der Waals surface area contributed by atoms with E-state index in [-0.39, 0.29) is 0 Å². The van der Waals surface area contributed by atoms with Crippen molar-refractivity contribution in [3.8, 4) is 0 Å². The third-order valence-electron chi connectivity index (χ3n) is 2.88. The molecule has 1 unspecified atom stereocenters. The van der Waals surface area contributed by atoms with E-state index in [4.69, 9.17) is 5.73 Å². The van der Waals surface area contributed by atoms with Gasteiger partial charge in [-0.15, -0.1) is 0 Å². The minimum absolute atomic E-state index is 0.474. The van der Waals surface area contributed by atoms with Gasteiger partial charge in [-0.3, -0.25) is 0 Å². The molecule has 0 saturated heterocycles. The number of benzene rings is 2. The van der Waals surface area contributed by atoms with E-state index in [1.54, 1.807) is 0 Å². The second-order valence-corrected chi connectivity index (χ2v) is 5.07. The van der Waals surface area contributed by atoms with Crippen molar-refractivity contribution in [3.05, 3.63) is 69.2 Å². The van der Waals surface area contributed by atoms with Crippen LogP contribution in [0.15, 0.2) is 40.9 Å². The van der Waals surface area contributed by atoms with Gasteiger partial charge in [0.15, 0.2) is 11.6 Å². The maximum Gasteiger partial charge on any atom is 0.159 e. The van der Waals surface area contributed by atoms with E-state index in [2.05, 4.69) is 15.9 Å². The van der Waals surface area contributed by atoms with Gasteiger partial charge >= 0.3 is 0 Å². The summed E-state index contributed by atoms with van der Waals surface area (Å²) >= 11 is 3.37. The molecule has 0 spiro atoms. The molecule has 0 saturated carbocycles. The first-order valence-electron chi connectivity index (χ1n) is 5.45. The molecule has 0 aliphatic carbocycles. The van der Waals surface area contributed by atoms with Crippen LogP contribution in [-0.2, 0) is 0 Å². The average molecular weight is 312 g/mol. The molecule has 18 heavy (non-hydrogen) atoms. The van der Waals surface area contributed by atoms with Crippen molar-refractivity contribution in [3.63, 3.8) is 0 Å². The zero-order chi connectivity index (χ0) is 13.3. The minimum Gasteiger partial charge on any atom is -0.320 e. The molecule has 0 radical (unpaired) electrons. The summed E-state index contributed by atoms with van der Waals surface area (Å²) in [4.78, 5) is 0. The molecule has 1 atom stereocenters. The smallest absolute Gasteiger partial charge is 0.159 e. The topological polar surface area (TPSA) is 26.0 Å². The van der Waals surface area contributed by atoms with E-state index in [0.717, 1.165) is 27.7 Å². The molecule has 0 aromatic heterocycles. The standard InChI is InChI=1S/C14H12BrF2N/c1-8-2-4-10(15)7-11(8)14(18)9-3-5-12(16)13(17)6-9/h2-7,14H,18H2,1H3. The zero-order valence-corrected chi connectivity index (χ0v) is 11.3. The molecule has 0 aliphatic rings. The van der Waals surface area contributed by atoms with Crippen LogP contribution in [0.5, 0.6) is 0 Å². The van der Waals surface area contributed by atoms with Gasteiger partial charge in [0.05, 0.1) is 6.04 Å². The summed E-state index contributed by atoms with van der Waals surface area (Å²) in [5.41, 5.74) is 8.54. The van der Waals surface area contributed by atoms with E-state index in [0.29, 0.717) is 5.56 Å². The van der Waals surface area contributed by atoms with Gasteiger partial charge in [0.25, 0.3) is 0 Å². The highest BCUT2D eigenvalue weighted by molar-refractivity contribution is 9.10. The predicted molar refractivity (Wildman–Crippen MR) is 71.3 cm³/mol.